The number of fused-ring (bicyclic) bond motifs is 1. The minimum Gasteiger partial charge on any atom is -0.490 e. The fourth-order valence-electron chi connectivity index (χ4n) is 3.48. The first-order valence-corrected chi connectivity index (χ1v) is 10.9. The van der Waals surface area contributed by atoms with Crippen LogP contribution in [0.25, 0.3) is 11.0 Å². The highest BCUT2D eigenvalue weighted by atomic mass is 16.5. The largest absolute Gasteiger partial charge is 0.490 e. The molecule has 29 heavy (non-hydrogen) atoms. The zero-order valence-corrected chi connectivity index (χ0v) is 18.2. The molecule has 1 fully saturated rings. The lowest BCUT2D eigenvalue weighted by molar-refractivity contribution is 0.129. The van der Waals surface area contributed by atoms with Crippen molar-refractivity contribution in [3.8, 4) is 5.75 Å². The first-order chi connectivity index (χ1) is 14.1. The van der Waals surface area contributed by atoms with Gasteiger partial charge in [-0.05, 0) is 64.5 Å². The molecule has 0 spiro atoms. The van der Waals surface area contributed by atoms with Crippen LogP contribution in [0.3, 0.4) is 0 Å². The second-order valence-electron chi connectivity index (χ2n) is 7.76. The van der Waals surface area contributed by atoms with E-state index in [1.807, 2.05) is 32.0 Å². The van der Waals surface area contributed by atoms with Crippen molar-refractivity contribution >= 4 is 16.9 Å². The van der Waals surface area contributed by atoms with Crippen LogP contribution >= 0.6 is 0 Å². The highest BCUT2D eigenvalue weighted by molar-refractivity contribution is 5.84. The Hall–Kier alpha value is -2.21. The number of ether oxygens (including phenoxy) is 2. The van der Waals surface area contributed by atoms with Crippen molar-refractivity contribution in [1.29, 1.82) is 0 Å². The van der Waals surface area contributed by atoms with Gasteiger partial charge in [0.15, 0.2) is 17.3 Å². The van der Waals surface area contributed by atoms with Gasteiger partial charge in [-0.25, -0.2) is 0 Å². The fraction of sp³-hybridized carbons (Fsp3) is 0.609. The molecule has 160 valence electrons. The zero-order valence-electron chi connectivity index (χ0n) is 18.2. The van der Waals surface area contributed by atoms with E-state index in [2.05, 4.69) is 30.5 Å². The summed E-state index contributed by atoms with van der Waals surface area (Å²) in [5.74, 6) is 2.48. The molecule has 0 radical (unpaired) electrons. The van der Waals surface area contributed by atoms with Gasteiger partial charge >= 0.3 is 0 Å². The van der Waals surface area contributed by atoms with Gasteiger partial charge in [-0.2, -0.15) is 0 Å². The average Bonchev–Trinajstić information content (AvgIpc) is 3.33. The summed E-state index contributed by atoms with van der Waals surface area (Å²) in [6, 6.07) is 8.05. The number of hydrogen-bond donors (Lipinski definition) is 2. The van der Waals surface area contributed by atoms with Crippen LogP contribution in [0.15, 0.2) is 33.7 Å². The number of nitrogens with one attached hydrogen (secondary N) is 2. The summed E-state index contributed by atoms with van der Waals surface area (Å²) in [7, 11) is 0. The van der Waals surface area contributed by atoms with E-state index in [1.54, 1.807) is 0 Å². The molecule has 1 aromatic heterocycles. The van der Waals surface area contributed by atoms with E-state index in [0.717, 1.165) is 61.2 Å². The lowest BCUT2D eigenvalue weighted by Crippen LogP contribution is -2.39. The molecule has 6 nitrogen and oxygen atoms in total. The third kappa shape index (κ3) is 5.66. The lowest BCUT2D eigenvalue weighted by atomic mass is 10.0. The third-order valence-corrected chi connectivity index (χ3v) is 5.46. The van der Waals surface area contributed by atoms with Crippen molar-refractivity contribution in [2.45, 2.75) is 53.0 Å². The fourth-order valence-corrected chi connectivity index (χ4v) is 3.48. The maximum absolute atomic E-state index is 6.13. The van der Waals surface area contributed by atoms with Crippen LogP contribution < -0.4 is 15.4 Å². The number of aliphatic imine (C=N–C) groups is 1. The van der Waals surface area contributed by atoms with Crippen LogP contribution in [0.1, 0.15) is 58.8 Å². The van der Waals surface area contributed by atoms with Crippen LogP contribution in [0.4, 0.5) is 0 Å². The van der Waals surface area contributed by atoms with Gasteiger partial charge in [-0.15, -0.1) is 0 Å². The summed E-state index contributed by atoms with van der Waals surface area (Å²) in [5, 5.41) is 7.90. The Morgan fingerprint density at radius 3 is 2.76 bits per heavy atom. The van der Waals surface area contributed by atoms with Crippen molar-refractivity contribution in [1.82, 2.24) is 10.6 Å². The van der Waals surface area contributed by atoms with E-state index in [0.29, 0.717) is 12.0 Å². The average molecular weight is 402 g/mol. The van der Waals surface area contributed by atoms with E-state index in [1.165, 1.54) is 12.8 Å². The predicted octanol–water partition coefficient (Wildman–Crippen LogP) is 4.65. The van der Waals surface area contributed by atoms with Gasteiger partial charge in [0.05, 0.1) is 12.6 Å². The highest BCUT2D eigenvalue weighted by Crippen LogP contribution is 2.49. The summed E-state index contributed by atoms with van der Waals surface area (Å²) in [5.41, 5.74) is 1.12. The normalized spacial score (nSPS) is 16.6. The number of hydrogen-bond acceptors (Lipinski definition) is 4. The number of furan rings is 1. The minimum absolute atomic E-state index is 0.00625. The van der Waals surface area contributed by atoms with Crippen LogP contribution in [0, 0.1) is 5.41 Å². The quantitative estimate of drug-likeness (QED) is 0.326. The smallest absolute Gasteiger partial charge is 0.191 e. The number of rotatable bonds is 11. The van der Waals surface area contributed by atoms with E-state index >= 15 is 0 Å². The van der Waals surface area contributed by atoms with E-state index in [-0.39, 0.29) is 6.04 Å². The molecule has 0 saturated heterocycles. The molecular formula is C23H35N3O3. The van der Waals surface area contributed by atoms with Gasteiger partial charge < -0.3 is 24.5 Å². The molecule has 6 heteroatoms. The topological polar surface area (TPSA) is 68.0 Å². The maximum Gasteiger partial charge on any atom is 0.191 e. The molecule has 1 saturated carbocycles. The first kappa shape index (κ1) is 21.5. The second kappa shape index (κ2) is 10.0. The number of benzene rings is 1. The van der Waals surface area contributed by atoms with Crippen molar-refractivity contribution in [2.75, 3.05) is 32.9 Å². The molecule has 0 aliphatic heterocycles. The van der Waals surface area contributed by atoms with Gasteiger partial charge in [-0.3, -0.25) is 4.99 Å². The van der Waals surface area contributed by atoms with E-state index < -0.39 is 0 Å². The predicted molar refractivity (Wildman–Crippen MR) is 118 cm³/mol. The summed E-state index contributed by atoms with van der Waals surface area (Å²) >= 11 is 0. The number of guanidine groups is 1. The molecule has 1 aliphatic carbocycles. The van der Waals surface area contributed by atoms with Gasteiger partial charge in [0, 0.05) is 31.7 Å². The minimum atomic E-state index is -0.00625. The van der Waals surface area contributed by atoms with Crippen LogP contribution in [0.2, 0.25) is 0 Å². The monoisotopic (exact) mass is 401 g/mol. The van der Waals surface area contributed by atoms with Crippen molar-refractivity contribution in [3.63, 3.8) is 0 Å². The Balaban J connectivity index is 1.67. The molecular weight excluding hydrogens is 366 g/mol. The van der Waals surface area contributed by atoms with Gasteiger partial charge in [0.2, 0.25) is 0 Å². The summed E-state index contributed by atoms with van der Waals surface area (Å²) in [6.07, 6.45) is 3.56. The van der Waals surface area contributed by atoms with Crippen LogP contribution in [-0.2, 0) is 4.74 Å². The van der Waals surface area contributed by atoms with Crippen molar-refractivity contribution < 1.29 is 13.9 Å². The maximum atomic E-state index is 6.13. The summed E-state index contributed by atoms with van der Waals surface area (Å²) in [4.78, 5) is 4.87. The Morgan fingerprint density at radius 2 is 2.07 bits per heavy atom. The number of nitrogens with zero attached hydrogens (tertiary/aromatic N) is 1. The van der Waals surface area contributed by atoms with Gasteiger partial charge in [0.25, 0.3) is 0 Å². The van der Waals surface area contributed by atoms with Crippen LogP contribution in [-0.4, -0.2) is 38.9 Å². The van der Waals surface area contributed by atoms with Crippen molar-refractivity contribution in [3.05, 3.63) is 30.0 Å². The molecule has 2 aromatic rings. The molecule has 0 amide bonds. The Labute approximate surface area is 174 Å². The number of para-hydroxylation sites is 1. The Kier molecular flexibility index (Phi) is 7.42. The van der Waals surface area contributed by atoms with Gasteiger partial charge in [-0.1, -0.05) is 12.1 Å². The summed E-state index contributed by atoms with van der Waals surface area (Å²) < 4.78 is 17.4. The molecule has 2 N–H and O–H groups in total. The lowest BCUT2D eigenvalue weighted by Gasteiger charge is -2.18. The summed E-state index contributed by atoms with van der Waals surface area (Å²) in [6.45, 7) is 12.1. The van der Waals surface area contributed by atoms with Crippen molar-refractivity contribution in [2.24, 2.45) is 10.4 Å². The van der Waals surface area contributed by atoms with Gasteiger partial charge in [0.1, 0.15) is 5.76 Å². The SMILES string of the molecule is CCNC(=NCC1(CCOCC)CC1)NC(C)c1cc2cccc(OCC)c2o1. The zero-order chi connectivity index (χ0) is 20.7. The molecule has 1 aliphatic rings. The standard InChI is InChI=1S/C23H35N3O3/c1-5-24-22(25-16-23(11-12-23)13-14-27-6-2)26-17(4)20-15-18-9-8-10-19(28-7-3)21(18)29-20/h8-10,15,17H,5-7,11-14,16H2,1-4H3,(H2,24,25,26). The molecule has 1 atom stereocenters. The van der Waals surface area contributed by atoms with E-state index in [4.69, 9.17) is 18.9 Å². The van der Waals surface area contributed by atoms with E-state index in [9.17, 15) is 0 Å². The Morgan fingerprint density at radius 1 is 1.24 bits per heavy atom. The third-order valence-electron chi connectivity index (χ3n) is 5.46. The Bertz CT molecular complexity index is 811. The molecule has 1 aromatic carbocycles. The molecule has 0 bridgehead atoms. The first-order valence-electron chi connectivity index (χ1n) is 10.9. The van der Waals surface area contributed by atoms with Crippen LogP contribution in [0.5, 0.6) is 5.75 Å². The molecule has 1 unspecified atom stereocenters. The molecule has 3 rings (SSSR count). The molecule has 1 heterocycles. The second-order valence-corrected chi connectivity index (χ2v) is 7.76. The highest BCUT2D eigenvalue weighted by Gasteiger charge is 2.41.